The zero-order valence-electron chi connectivity index (χ0n) is 6.67. The van der Waals surface area contributed by atoms with Gasteiger partial charge in [-0.15, -0.1) is 0 Å². The molecule has 0 aromatic heterocycles. The van der Waals surface area contributed by atoms with Gasteiger partial charge in [0.1, 0.15) is 5.82 Å². The Balaban J connectivity index is 3.32. The smallest absolute Gasteiger partial charge is 0.337 e. The summed E-state index contributed by atoms with van der Waals surface area (Å²) in [4.78, 5) is 10.4. The third-order valence-electron chi connectivity index (χ3n) is 1.59. The summed E-state index contributed by atoms with van der Waals surface area (Å²) >= 11 is 11.1. The van der Waals surface area contributed by atoms with Crippen LogP contribution in [0.1, 0.15) is 11.7 Å². The molecule has 0 heterocycles. The summed E-state index contributed by atoms with van der Waals surface area (Å²) < 4.78 is 13.1. The zero-order valence-corrected chi connectivity index (χ0v) is 8.18. The number of aliphatic hydroxyl groups is 1. The average molecular weight is 239 g/mol. The van der Waals surface area contributed by atoms with Crippen LogP contribution in [-0.2, 0) is 4.79 Å². The highest BCUT2D eigenvalue weighted by Crippen LogP contribution is 2.32. The highest BCUT2D eigenvalue weighted by Gasteiger charge is 2.24. The fourth-order valence-electron chi connectivity index (χ4n) is 0.917. The van der Waals surface area contributed by atoms with E-state index in [1.54, 1.807) is 0 Å². The number of aliphatic carboxylic acids is 1. The lowest BCUT2D eigenvalue weighted by Gasteiger charge is -2.09. The normalized spacial score (nSPS) is 12.6. The van der Waals surface area contributed by atoms with Crippen LogP contribution in [0.15, 0.2) is 12.1 Å². The Morgan fingerprint density at radius 3 is 2.50 bits per heavy atom. The van der Waals surface area contributed by atoms with Gasteiger partial charge in [-0.3, -0.25) is 0 Å². The molecule has 6 heteroatoms. The van der Waals surface area contributed by atoms with E-state index >= 15 is 0 Å². The minimum atomic E-state index is -2.01. The highest BCUT2D eigenvalue weighted by molar-refractivity contribution is 6.42. The number of carboxylic acids is 1. The Bertz CT molecular complexity index is 381. The molecule has 1 atom stereocenters. The predicted molar refractivity (Wildman–Crippen MR) is 49.0 cm³/mol. The van der Waals surface area contributed by atoms with Gasteiger partial charge in [0.2, 0.25) is 0 Å². The van der Waals surface area contributed by atoms with Gasteiger partial charge in [-0.05, 0) is 12.1 Å². The maximum Gasteiger partial charge on any atom is 0.337 e. The summed E-state index contributed by atoms with van der Waals surface area (Å²) in [7, 11) is 0. The van der Waals surface area contributed by atoms with Crippen molar-refractivity contribution in [3.63, 3.8) is 0 Å². The summed E-state index contributed by atoms with van der Waals surface area (Å²) in [5.74, 6) is -2.50. The molecule has 0 bridgehead atoms. The predicted octanol–water partition coefficient (Wildman–Crippen LogP) is 2.25. The lowest BCUT2D eigenvalue weighted by Crippen LogP contribution is -2.12. The van der Waals surface area contributed by atoms with E-state index in [-0.39, 0.29) is 10.0 Å². The number of carbonyl (C=O) groups is 1. The topological polar surface area (TPSA) is 57.5 Å². The quantitative estimate of drug-likeness (QED) is 0.778. The third kappa shape index (κ3) is 1.97. The van der Waals surface area contributed by atoms with Crippen LogP contribution in [0.25, 0.3) is 0 Å². The van der Waals surface area contributed by atoms with Crippen molar-refractivity contribution in [1.29, 1.82) is 0 Å². The van der Waals surface area contributed by atoms with Crippen molar-refractivity contribution in [3.05, 3.63) is 33.6 Å². The molecule has 0 aliphatic heterocycles. The number of benzene rings is 1. The number of halogens is 3. The molecule has 1 aromatic rings. The van der Waals surface area contributed by atoms with Gasteiger partial charge in [-0.25, -0.2) is 9.18 Å². The van der Waals surface area contributed by atoms with Gasteiger partial charge in [-0.2, -0.15) is 0 Å². The van der Waals surface area contributed by atoms with Gasteiger partial charge >= 0.3 is 5.97 Å². The Morgan fingerprint density at radius 1 is 1.43 bits per heavy atom. The molecule has 0 unspecified atom stereocenters. The van der Waals surface area contributed by atoms with E-state index in [1.807, 2.05) is 0 Å². The molecule has 0 aliphatic carbocycles. The minimum absolute atomic E-state index is 0.0108. The molecule has 0 saturated heterocycles. The highest BCUT2D eigenvalue weighted by atomic mass is 35.5. The van der Waals surface area contributed by atoms with E-state index in [9.17, 15) is 9.18 Å². The number of aliphatic hydroxyl groups excluding tert-OH is 1. The standard InChI is InChI=1S/C8H5Cl2FO3/c9-3-1-2-4(11)5(6(3)10)7(12)8(13)14/h1-2,7,12H,(H,13,14)/t7-/m1/s1. The van der Waals surface area contributed by atoms with Crippen LogP contribution < -0.4 is 0 Å². The van der Waals surface area contributed by atoms with E-state index in [4.69, 9.17) is 33.4 Å². The molecule has 0 aliphatic rings. The van der Waals surface area contributed by atoms with Crippen LogP contribution in [0.3, 0.4) is 0 Å². The van der Waals surface area contributed by atoms with Crippen LogP contribution in [0.4, 0.5) is 4.39 Å². The van der Waals surface area contributed by atoms with Gasteiger partial charge in [0.15, 0.2) is 6.10 Å². The fourth-order valence-corrected chi connectivity index (χ4v) is 1.34. The van der Waals surface area contributed by atoms with Gasteiger partial charge in [0.05, 0.1) is 10.0 Å². The second-order valence-corrected chi connectivity index (χ2v) is 3.28. The Kier molecular flexibility index (Phi) is 3.31. The van der Waals surface area contributed by atoms with Crippen LogP contribution in [-0.4, -0.2) is 16.2 Å². The van der Waals surface area contributed by atoms with Crippen molar-refractivity contribution in [1.82, 2.24) is 0 Å². The first kappa shape index (κ1) is 11.2. The van der Waals surface area contributed by atoms with Crippen LogP contribution >= 0.6 is 23.2 Å². The zero-order chi connectivity index (χ0) is 10.9. The van der Waals surface area contributed by atoms with E-state index in [1.165, 1.54) is 6.07 Å². The number of hydrogen-bond donors (Lipinski definition) is 2. The molecule has 3 nitrogen and oxygen atoms in total. The van der Waals surface area contributed by atoms with Crippen molar-refractivity contribution in [3.8, 4) is 0 Å². The number of carboxylic acid groups (broad SMARTS) is 1. The SMILES string of the molecule is O=C(O)[C@H](O)c1c(F)ccc(Cl)c1Cl. The van der Waals surface area contributed by atoms with Crippen LogP contribution in [0, 0.1) is 5.82 Å². The molecule has 0 radical (unpaired) electrons. The van der Waals surface area contributed by atoms with Crippen molar-refractivity contribution in [2.24, 2.45) is 0 Å². The lowest BCUT2D eigenvalue weighted by molar-refractivity contribution is -0.147. The Morgan fingerprint density at radius 2 is 2.00 bits per heavy atom. The van der Waals surface area contributed by atoms with Crippen molar-refractivity contribution in [2.45, 2.75) is 6.10 Å². The molecule has 0 spiro atoms. The van der Waals surface area contributed by atoms with Crippen LogP contribution in [0.2, 0.25) is 10.0 Å². The van der Waals surface area contributed by atoms with Crippen molar-refractivity contribution in [2.75, 3.05) is 0 Å². The van der Waals surface area contributed by atoms with Gasteiger partial charge in [0, 0.05) is 5.56 Å². The molecular formula is C8H5Cl2FO3. The van der Waals surface area contributed by atoms with Gasteiger partial charge in [-0.1, -0.05) is 23.2 Å². The molecule has 1 rings (SSSR count). The maximum atomic E-state index is 13.1. The molecule has 1 aromatic carbocycles. The fraction of sp³-hybridized carbons (Fsp3) is 0.125. The molecule has 0 amide bonds. The second kappa shape index (κ2) is 4.13. The van der Waals surface area contributed by atoms with Crippen molar-refractivity contribution < 1.29 is 19.4 Å². The molecule has 0 fully saturated rings. The van der Waals surface area contributed by atoms with Crippen molar-refractivity contribution >= 4 is 29.2 Å². The molecular weight excluding hydrogens is 234 g/mol. The molecule has 2 N–H and O–H groups in total. The van der Waals surface area contributed by atoms with E-state index in [2.05, 4.69) is 0 Å². The minimum Gasteiger partial charge on any atom is -0.479 e. The monoisotopic (exact) mass is 238 g/mol. The van der Waals surface area contributed by atoms with Gasteiger partial charge in [0.25, 0.3) is 0 Å². The molecule has 0 saturated carbocycles. The lowest BCUT2D eigenvalue weighted by atomic mass is 10.1. The summed E-state index contributed by atoms with van der Waals surface area (Å²) in [5, 5.41) is 17.3. The number of hydrogen-bond acceptors (Lipinski definition) is 2. The molecule has 14 heavy (non-hydrogen) atoms. The largest absolute Gasteiger partial charge is 0.479 e. The first-order valence-corrected chi connectivity index (χ1v) is 4.25. The number of rotatable bonds is 2. The second-order valence-electron chi connectivity index (χ2n) is 2.50. The summed E-state index contributed by atoms with van der Waals surface area (Å²) in [6.07, 6.45) is -2.01. The third-order valence-corrected chi connectivity index (χ3v) is 2.41. The Labute approximate surface area is 88.7 Å². The molecule has 76 valence electrons. The average Bonchev–Trinajstić information content (AvgIpc) is 2.12. The first-order chi connectivity index (χ1) is 6.45. The summed E-state index contributed by atoms with van der Waals surface area (Å²) in [6.45, 7) is 0. The van der Waals surface area contributed by atoms with E-state index in [0.29, 0.717) is 0 Å². The van der Waals surface area contributed by atoms with E-state index in [0.717, 1.165) is 6.07 Å². The Hall–Kier alpha value is -0.840. The summed E-state index contributed by atoms with van der Waals surface area (Å²) in [5.41, 5.74) is -0.522. The summed E-state index contributed by atoms with van der Waals surface area (Å²) in [6, 6.07) is 2.12. The van der Waals surface area contributed by atoms with Gasteiger partial charge < -0.3 is 10.2 Å². The first-order valence-electron chi connectivity index (χ1n) is 3.49. The van der Waals surface area contributed by atoms with E-state index < -0.39 is 23.5 Å². The van der Waals surface area contributed by atoms with Crippen LogP contribution in [0.5, 0.6) is 0 Å². The maximum absolute atomic E-state index is 13.1.